The molecule has 176 valence electrons. The molecule has 5 rings (SSSR count). The van der Waals surface area contributed by atoms with Crippen molar-refractivity contribution in [2.24, 2.45) is 5.92 Å². The van der Waals surface area contributed by atoms with Gasteiger partial charge in [0.2, 0.25) is 5.95 Å². The molecular weight excluding hydrogens is 466 g/mol. The normalized spacial score (nSPS) is 22.1. The van der Waals surface area contributed by atoms with E-state index < -0.39 is 0 Å². The van der Waals surface area contributed by atoms with Crippen molar-refractivity contribution in [2.75, 3.05) is 24.5 Å². The molecule has 2 N–H and O–H groups in total. The Balaban J connectivity index is 1.10. The van der Waals surface area contributed by atoms with Gasteiger partial charge < -0.3 is 10.2 Å². The summed E-state index contributed by atoms with van der Waals surface area (Å²) in [6.07, 6.45) is 8.88. The Morgan fingerprint density at radius 3 is 2.85 bits per heavy atom. The summed E-state index contributed by atoms with van der Waals surface area (Å²) in [7, 11) is 0. The summed E-state index contributed by atoms with van der Waals surface area (Å²) in [5.74, 6) is 0.931. The molecule has 0 spiro atoms. The Morgan fingerprint density at radius 1 is 1.21 bits per heavy atom. The number of piperidine rings is 1. The molecule has 1 atom stereocenters. The van der Waals surface area contributed by atoms with E-state index in [4.69, 9.17) is 0 Å². The Kier molecular flexibility index (Phi) is 7.32. The molecule has 2 aromatic rings. The van der Waals surface area contributed by atoms with Gasteiger partial charge in [-0.2, -0.15) is 0 Å². The standard InChI is InChI=1S/C25H27N5O2S2/c31-23-22(34-25(32)29-23)14-20-6-9-27-24(28-20)30-10-7-17(8-11-30)15-26-16-18-3-1-4-19(13-18)21-5-2-12-33-21/h1-4,6,9,12-14,17,21,26H,5,7-8,10-11,15-16H2,(H,29,31,32)/b22-14-. The van der Waals surface area contributed by atoms with Crippen LogP contribution in [0.25, 0.3) is 6.08 Å². The summed E-state index contributed by atoms with van der Waals surface area (Å²) >= 11 is 2.81. The number of hydrogen-bond acceptors (Lipinski definition) is 8. The van der Waals surface area contributed by atoms with E-state index in [0.29, 0.717) is 27.7 Å². The molecule has 4 heterocycles. The molecule has 0 radical (unpaired) electrons. The number of carbonyl (C=O) groups excluding carboxylic acids is 2. The monoisotopic (exact) mass is 493 g/mol. The lowest BCUT2D eigenvalue weighted by atomic mass is 9.97. The second kappa shape index (κ2) is 10.8. The number of rotatable bonds is 7. The van der Waals surface area contributed by atoms with E-state index in [2.05, 4.69) is 61.3 Å². The molecule has 3 aliphatic heterocycles. The lowest BCUT2D eigenvalue weighted by molar-refractivity contribution is -0.115. The number of hydrogen-bond donors (Lipinski definition) is 2. The topological polar surface area (TPSA) is 87.2 Å². The van der Waals surface area contributed by atoms with E-state index in [-0.39, 0.29) is 11.1 Å². The summed E-state index contributed by atoms with van der Waals surface area (Å²) in [5, 5.41) is 8.34. The zero-order chi connectivity index (χ0) is 23.3. The van der Waals surface area contributed by atoms with Crippen LogP contribution >= 0.6 is 23.5 Å². The van der Waals surface area contributed by atoms with Crippen LogP contribution in [0.4, 0.5) is 10.7 Å². The lowest BCUT2D eigenvalue weighted by Gasteiger charge is -2.32. The minimum absolute atomic E-state index is 0.348. The number of nitrogens with one attached hydrogen (secondary N) is 2. The average molecular weight is 494 g/mol. The van der Waals surface area contributed by atoms with Crippen LogP contribution < -0.4 is 15.5 Å². The second-order valence-electron chi connectivity index (χ2n) is 8.67. The first kappa shape index (κ1) is 23.1. The van der Waals surface area contributed by atoms with Crippen LogP contribution in [0.2, 0.25) is 0 Å². The summed E-state index contributed by atoms with van der Waals surface area (Å²) in [6, 6.07) is 10.7. The van der Waals surface area contributed by atoms with Crippen molar-refractivity contribution < 1.29 is 9.59 Å². The van der Waals surface area contributed by atoms with Gasteiger partial charge in [-0.15, -0.1) is 11.8 Å². The molecule has 1 unspecified atom stereocenters. The Hall–Kier alpha value is -2.62. The lowest BCUT2D eigenvalue weighted by Crippen LogP contribution is -2.38. The summed E-state index contributed by atoms with van der Waals surface area (Å²) in [5.41, 5.74) is 3.40. The smallest absolute Gasteiger partial charge is 0.290 e. The first-order valence-electron chi connectivity index (χ1n) is 11.6. The van der Waals surface area contributed by atoms with Gasteiger partial charge in [0.05, 0.1) is 10.6 Å². The van der Waals surface area contributed by atoms with E-state index in [1.165, 1.54) is 11.1 Å². The highest BCUT2D eigenvalue weighted by Crippen LogP contribution is 2.38. The zero-order valence-corrected chi connectivity index (χ0v) is 20.4. The van der Waals surface area contributed by atoms with Crippen molar-refractivity contribution >= 4 is 46.7 Å². The molecule has 0 aliphatic carbocycles. The average Bonchev–Trinajstić information content (AvgIpc) is 3.50. The number of aromatic nitrogens is 2. The van der Waals surface area contributed by atoms with Gasteiger partial charge in [-0.25, -0.2) is 9.97 Å². The number of anilines is 1. The van der Waals surface area contributed by atoms with Crippen molar-refractivity contribution in [3.8, 4) is 0 Å². The molecule has 2 fully saturated rings. The molecule has 0 bridgehead atoms. The molecule has 34 heavy (non-hydrogen) atoms. The Morgan fingerprint density at radius 2 is 2.09 bits per heavy atom. The van der Waals surface area contributed by atoms with Crippen LogP contribution in [0.5, 0.6) is 0 Å². The van der Waals surface area contributed by atoms with Crippen molar-refractivity contribution in [3.05, 3.63) is 69.7 Å². The number of allylic oxidation sites excluding steroid dienone is 1. The van der Waals surface area contributed by atoms with Gasteiger partial charge in [-0.3, -0.25) is 14.9 Å². The van der Waals surface area contributed by atoms with Crippen LogP contribution in [0, 0.1) is 5.92 Å². The molecule has 1 aromatic heterocycles. The zero-order valence-electron chi connectivity index (χ0n) is 18.8. The maximum absolute atomic E-state index is 11.8. The van der Waals surface area contributed by atoms with Crippen LogP contribution in [0.15, 0.2) is 52.9 Å². The fraction of sp³-hybridized carbons (Fsp3) is 0.360. The highest BCUT2D eigenvalue weighted by Gasteiger charge is 2.26. The summed E-state index contributed by atoms with van der Waals surface area (Å²) in [4.78, 5) is 34.7. The maximum atomic E-state index is 11.8. The quantitative estimate of drug-likeness (QED) is 0.546. The first-order valence-corrected chi connectivity index (χ1v) is 13.3. The van der Waals surface area contributed by atoms with Gasteiger partial charge in [0, 0.05) is 31.1 Å². The van der Waals surface area contributed by atoms with Crippen molar-refractivity contribution in [1.29, 1.82) is 0 Å². The number of nitrogens with zero attached hydrogens (tertiary/aromatic N) is 3. The van der Waals surface area contributed by atoms with E-state index >= 15 is 0 Å². The van der Waals surface area contributed by atoms with Gasteiger partial charge in [0.1, 0.15) is 0 Å². The Labute approximate surface area is 207 Å². The van der Waals surface area contributed by atoms with Gasteiger partial charge in [-0.1, -0.05) is 30.3 Å². The molecule has 3 aliphatic rings. The largest absolute Gasteiger partial charge is 0.341 e. The van der Waals surface area contributed by atoms with Crippen LogP contribution in [-0.4, -0.2) is 40.7 Å². The molecule has 0 saturated carbocycles. The highest BCUT2D eigenvalue weighted by molar-refractivity contribution is 8.18. The van der Waals surface area contributed by atoms with Crippen LogP contribution in [-0.2, 0) is 11.3 Å². The number of thioether (sulfide) groups is 2. The van der Waals surface area contributed by atoms with Gasteiger partial charge in [0.15, 0.2) is 0 Å². The molecule has 2 saturated heterocycles. The molecule has 7 nitrogen and oxygen atoms in total. The third-order valence-corrected chi connectivity index (χ3v) is 8.21. The van der Waals surface area contributed by atoms with Crippen molar-refractivity contribution in [3.63, 3.8) is 0 Å². The van der Waals surface area contributed by atoms with E-state index in [1.54, 1.807) is 18.3 Å². The summed E-state index contributed by atoms with van der Waals surface area (Å²) in [6.45, 7) is 3.71. The van der Waals surface area contributed by atoms with Gasteiger partial charge in [0.25, 0.3) is 11.1 Å². The van der Waals surface area contributed by atoms with Crippen LogP contribution in [0.3, 0.4) is 0 Å². The van der Waals surface area contributed by atoms with E-state index in [9.17, 15) is 9.59 Å². The number of benzene rings is 1. The predicted molar refractivity (Wildman–Crippen MR) is 138 cm³/mol. The number of amides is 2. The van der Waals surface area contributed by atoms with Crippen molar-refractivity contribution in [2.45, 2.75) is 31.1 Å². The number of carbonyl (C=O) groups is 2. The predicted octanol–water partition coefficient (Wildman–Crippen LogP) is 4.50. The van der Waals surface area contributed by atoms with E-state index in [0.717, 1.165) is 57.2 Å². The fourth-order valence-electron chi connectivity index (χ4n) is 4.41. The molecule has 9 heteroatoms. The van der Waals surface area contributed by atoms with Gasteiger partial charge >= 0.3 is 0 Å². The molecular formula is C25H27N5O2S2. The SMILES string of the molecule is O=C1NC(=O)/C(=C/c2ccnc(N3CCC(CNCc4cccc(C5CC=CS5)c4)CC3)n2)S1. The molecule has 1 aromatic carbocycles. The fourth-order valence-corrected chi connectivity index (χ4v) is 6.02. The summed E-state index contributed by atoms with van der Waals surface area (Å²) < 4.78 is 0. The minimum Gasteiger partial charge on any atom is -0.341 e. The van der Waals surface area contributed by atoms with E-state index in [1.807, 2.05) is 11.8 Å². The third-order valence-electron chi connectivity index (χ3n) is 6.26. The van der Waals surface area contributed by atoms with Gasteiger partial charge in [-0.05, 0) is 72.2 Å². The first-order chi connectivity index (χ1) is 16.6. The maximum Gasteiger partial charge on any atom is 0.290 e. The highest BCUT2D eigenvalue weighted by atomic mass is 32.2. The third kappa shape index (κ3) is 5.71. The molecule has 2 amide bonds. The Bertz CT molecular complexity index is 1120. The number of imide groups is 1. The second-order valence-corrected chi connectivity index (χ2v) is 10.8. The van der Waals surface area contributed by atoms with Crippen molar-refractivity contribution in [1.82, 2.24) is 20.6 Å². The van der Waals surface area contributed by atoms with Crippen LogP contribution in [0.1, 0.15) is 41.3 Å². The minimum atomic E-state index is -0.371.